The zero-order valence-electron chi connectivity index (χ0n) is 8.80. The molecule has 2 N–H and O–H groups in total. The lowest BCUT2D eigenvalue weighted by atomic mass is 10.1. The molecule has 0 aliphatic heterocycles. The van der Waals surface area contributed by atoms with Crippen LogP contribution >= 0.6 is 0 Å². The maximum Gasteiger partial charge on any atom is 0.120 e. The molecule has 1 atom stereocenters. The van der Waals surface area contributed by atoms with Crippen molar-refractivity contribution in [1.82, 2.24) is 0 Å². The van der Waals surface area contributed by atoms with E-state index < -0.39 is 11.7 Å². The highest BCUT2D eigenvalue weighted by atomic mass is 16.3. The molecule has 76 valence electrons. The van der Waals surface area contributed by atoms with Crippen LogP contribution in [0.1, 0.15) is 46.5 Å². The zero-order chi connectivity index (χ0) is 10.3. The van der Waals surface area contributed by atoms with E-state index >= 15 is 0 Å². The normalized spacial score (nSPS) is 13.3. The molecule has 0 saturated carbocycles. The topological polar surface area (TPSA) is 40.5 Å². The van der Waals surface area contributed by atoms with E-state index in [1.54, 1.807) is 13.8 Å². The molecule has 2 heteroatoms. The fourth-order valence-corrected chi connectivity index (χ4v) is 0.920. The third-order valence-electron chi connectivity index (χ3n) is 1.63. The number of aliphatic hydroxyl groups excluding tert-OH is 1. The van der Waals surface area contributed by atoms with Crippen molar-refractivity contribution in [1.29, 1.82) is 0 Å². The highest BCUT2D eigenvalue weighted by Gasteiger charge is 2.07. The summed E-state index contributed by atoms with van der Waals surface area (Å²) in [5.74, 6) is 5.24. The van der Waals surface area contributed by atoms with Gasteiger partial charge in [0.05, 0.1) is 0 Å². The van der Waals surface area contributed by atoms with Crippen molar-refractivity contribution in [2.24, 2.45) is 0 Å². The van der Waals surface area contributed by atoms with Crippen LogP contribution in [0.15, 0.2) is 0 Å². The first-order valence-electron chi connectivity index (χ1n) is 4.89. The summed E-state index contributed by atoms with van der Waals surface area (Å²) in [6.07, 6.45) is 3.39. The van der Waals surface area contributed by atoms with Crippen LogP contribution < -0.4 is 0 Å². The first-order valence-corrected chi connectivity index (χ1v) is 4.89. The van der Waals surface area contributed by atoms with E-state index in [4.69, 9.17) is 0 Å². The molecule has 0 rings (SSSR count). The summed E-state index contributed by atoms with van der Waals surface area (Å²) in [4.78, 5) is 0. The molecule has 0 aromatic heterocycles. The van der Waals surface area contributed by atoms with Crippen LogP contribution in [0.2, 0.25) is 0 Å². The van der Waals surface area contributed by atoms with Gasteiger partial charge in [-0.25, -0.2) is 0 Å². The van der Waals surface area contributed by atoms with Gasteiger partial charge in [0, 0.05) is 0 Å². The average Bonchev–Trinajstić information content (AvgIpc) is 2.00. The maximum absolute atomic E-state index is 9.35. The molecule has 13 heavy (non-hydrogen) atoms. The second kappa shape index (κ2) is 6.01. The van der Waals surface area contributed by atoms with E-state index in [9.17, 15) is 10.2 Å². The Morgan fingerprint density at radius 2 is 1.92 bits per heavy atom. The van der Waals surface area contributed by atoms with Crippen molar-refractivity contribution in [3.63, 3.8) is 0 Å². The molecule has 0 radical (unpaired) electrons. The van der Waals surface area contributed by atoms with Crippen LogP contribution in [0, 0.1) is 11.8 Å². The monoisotopic (exact) mass is 184 g/mol. The Morgan fingerprint density at radius 3 is 2.38 bits per heavy atom. The molecule has 0 aromatic rings. The molecule has 0 heterocycles. The summed E-state index contributed by atoms with van der Waals surface area (Å²) in [5.41, 5.74) is -0.994. The van der Waals surface area contributed by atoms with Gasteiger partial charge in [0.1, 0.15) is 11.7 Å². The van der Waals surface area contributed by atoms with Crippen molar-refractivity contribution in [2.45, 2.75) is 58.2 Å². The quantitative estimate of drug-likeness (QED) is 0.515. The zero-order valence-corrected chi connectivity index (χ0v) is 8.80. The van der Waals surface area contributed by atoms with Crippen LogP contribution in [-0.2, 0) is 0 Å². The molecule has 0 amide bonds. The molecular formula is C11H20O2. The van der Waals surface area contributed by atoms with Gasteiger partial charge in [0.15, 0.2) is 0 Å². The van der Waals surface area contributed by atoms with Gasteiger partial charge in [0.2, 0.25) is 0 Å². The van der Waals surface area contributed by atoms with Gasteiger partial charge in [-0.05, 0) is 26.7 Å². The molecular weight excluding hydrogens is 164 g/mol. The van der Waals surface area contributed by atoms with Crippen molar-refractivity contribution < 1.29 is 10.2 Å². The Labute approximate surface area is 81.0 Å². The fourth-order valence-electron chi connectivity index (χ4n) is 0.920. The minimum atomic E-state index is -0.994. The second-order valence-electron chi connectivity index (χ2n) is 3.84. The minimum absolute atomic E-state index is 0.585. The van der Waals surface area contributed by atoms with Crippen LogP contribution in [0.3, 0.4) is 0 Å². The van der Waals surface area contributed by atoms with E-state index in [2.05, 4.69) is 18.8 Å². The summed E-state index contributed by atoms with van der Waals surface area (Å²) in [7, 11) is 0. The standard InChI is InChI=1S/C11H20O2/c1-4-5-6-7-10(12)8-9-11(2,3)13/h10,12-13H,4-7H2,1-3H3/t10-/m1/s1. The van der Waals surface area contributed by atoms with Crippen molar-refractivity contribution in [2.75, 3.05) is 0 Å². The van der Waals surface area contributed by atoms with Gasteiger partial charge in [-0.1, -0.05) is 31.6 Å². The predicted octanol–water partition coefficient (Wildman–Crippen LogP) is 1.70. The summed E-state index contributed by atoms with van der Waals surface area (Å²) in [5, 5.41) is 18.6. The lowest BCUT2D eigenvalue weighted by molar-refractivity contribution is 0.142. The summed E-state index contributed by atoms with van der Waals surface area (Å²) in [6.45, 7) is 5.34. The molecule has 0 aliphatic rings. The van der Waals surface area contributed by atoms with Crippen LogP contribution in [0.4, 0.5) is 0 Å². The lowest BCUT2D eigenvalue weighted by Gasteiger charge is -2.07. The Hall–Kier alpha value is -0.520. The van der Waals surface area contributed by atoms with Crippen LogP contribution in [0.5, 0.6) is 0 Å². The highest BCUT2D eigenvalue weighted by molar-refractivity contribution is 5.13. The SMILES string of the molecule is CCCCC[C@@H](O)C#CC(C)(C)O. The highest BCUT2D eigenvalue weighted by Crippen LogP contribution is 2.03. The first-order chi connectivity index (χ1) is 5.95. The molecule has 0 spiro atoms. The van der Waals surface area contributed by atoms with E-state index in [1.807, 2.05) is 0 Å². The smallest absolute Gasteiger partial charge is 0.120 e. The van der Waals surface area contributed by atoms with Gasteiger partial charge in [-0.15, -0.1) is 0 Å². The lowest BCUT2D eigenvalue weighted by Crippen LogP contribution is -2.16. The van der Waals surface area contributed by atoms with Gasteiger partial charge < -0.3 is 10.2 Å². The number of hydrogen-bond donors (Lipinski definition) is 2. The molecule has 0 aromatic carbocycles. The van der Waals surface area contributed by atoms with Crippen molar-refractivity contribution >= 4 is 0 Å². The Bertz CT molecular complexity index is 180. The minimum Gasteiger partial charge on any atom is -0.380 e. The largest absolute Gasteiger partial charge is 0.380 e. The Kier molecular flexibility index (Phi) is 5.77. The van der Waals surface area contributed by atoms with Gasteiger partial charge >= 0.3 is 0 Å². The fraction of sp³-hybridized carbons (Fsp3) is 0.818. The number of unbranched alkanes of at least 4 members (excludes halogenated alkanes) is 2. The van der Waals surface area contributed by atoms with E-state index in [0.29, 0.717) is 6.42 Å². The summed E-state index contributed by atoms with van der Waals surface area (Å²) in [6, 6.07) is 0. The first kappa shape index (κ1) is 12.5. The van der Waals surface area contributed by atoms with Crippen LogP contribution in [-0.4, -0.2) is 21.9 Å². The third kappa shape index (κ3) is 9.39. The van der Waals surface area contributed by atoms with Gasteiger partial charge in [-0.3, -0.25) is 0 Å². The molecule has 0 aliphatic carbocycles. The number of hydrogen-bond acceptors (Lipinski definition) is 2. The summed E-state index contributed by atoms with van der Waals surface area (Å²) < 4.78 is 0. The van der Waals surface area contributed by atoms with Crippen molar-refractivity contribution in [3.05, 3.63) is 0 Å². The molecule has 2 nitrogen and oxygen atoms in total. The maximum atomic E-state index is 9.35. The molecule has 0 fully saturated rings. The second-order valence-corrected chi connectivity index (χ2v) is 3.84. The van der Waals surface area contributed by atoms with E-state index in [1.165, 1.54) is 0 Å². The number of aliphatic hydroxyl groups is 2. The van der Waals surface area contributed by atoms with Crippen molar-refractivity contribution in [3.8, 4) is 11.8 Å². The molecule has 0 bridgehead atoms. The molecule has 0 unspecified atom stereocenters. The Balaban J connectivity index is 3.71. The van der Waals surface area contributed by atoms with Gasteiger partial charge in [-0.2, -0.15) is 0 Å². The molecule has 0 saturated heterocycles. The third-order valence-corrected chi connectivity index (χ3v) is 1.63. The summed E-state index contributed by atoms with van der Waals surface area (Å²) >= 11 is 0. The number of rotatable bonds is 4. The Morgan fingerprint density at radius 1 is 1.31 bits per heavy atom. The van der Waals surface area contributed by atoms with E-state index in [0.717, 1.165) is 19.3 Å². The van der Waals surface area contributed by atoms with Crippen LogP contribution in [0.25, 0.3) is 0 Å². The van der Waals surface area contributed by atoms with E-state index in [-0.39, 0.29) is 0 Å². The predicted molar refractivity (Wildman–Crippen MR) is 54.2 cm³/mol. The average molecular weight is 184 g/mol. The van der Waals surface area contributed by atoms with Gasteiger partial charge in [0.25, 0.3) is 0 Å².